The second-order valence-corrected chi connectivity index (χ2v) is 9.99. The van der Waals surface area contributed by atoms with E-state index in [0.29, 0.717) is 5.02 Å². The van der Waals surface area contributed by atoms with Crippen molar-refractivity contribution in [1.82, 2.24) is 9.62 Å². The first kappa shape index (κ1) is 21.8. The van der Waals surface area contributed by atoms with Crippen LogP contribution >= 0.6 is 11.6 Å². The van der Waals surface area contributed by atoms with E-state index >= 15 is 0 Å². The maximum atomic E-state index is 13.3. The predicted octanol–water partition coefficient (Wildman–Crippen LogP) is 4.29. The van der Waals surface area contributed by atoms with E-state index in [1.165, 1.54) is 10.7 Å². The van der Waals surface area contributed by atoms with Crippen LogP contribution in [0.5, 0.6) is 0 Å². The molecule has 156 valence electrons. The van der Waals surface area contributed by atoms with E-state index in [9.17, 15) is 13.2 Å². The third kappa shape index (κ3) is 6.04. The van der Waals surface area contributed by atoms with Gasteiger partial charge in [0.05, 0.1) is 11.4 Å². The monoisotopic (exact) mass is 434 g/mol. The van der Waals surface area contributed by atoms with Gasteiger partial charge in [0.1, 0.15) is 0 Å². The molecule has 1 aliphatic rings. The van der Waals surface area contributed by atoms with Crippen molar-refractivity contribution in [3.63, 3.8) is 0 Å². The zero-order valence-electron chi connectivity index (χ0n) is 16.6. The molecule has 1 saturated carbocycles. The zero-order chi connectivity index (χ0) is 20.9. The first-order valence-electron chi connectivity index (χ1n) is 9.95. The fraction of sp³-hybridized carbons (Fsp3) is 0.409. The Morgan fingerprint density at radius 2 is 1.79 bits per heavy atom. The summed E-state index contributed by atoms with van der Waals surface area (Å²) >= 11 is 6.06. The summed E-state index contributed by atoms with van der Waals surface area (Å²) in [7, 11) is -3.84. The second-order valence-electron chi connectivity index (χ2n) is 7.62. The van der Waals surface area contributed by atoms with Gasteiger partial charge in [-0.1, -0.05) is 60.7 Å². The topological polar surface area (TPSA) is 66.5 Å². The third-order valence-electron chi connectivity index (χ3n) is 5.20. The van der Waals surface area contributed by atoms with Gasteiger partial charge in [0, 0.05) is 17.6 Å². The number of carbonyl (C=O) groups is 1. The van der Waals surface area contributed by atoms with Gasteiger partial charge >= 0.3 is 0 Å². The lowest BCUT2D eigenvalue weighted by Crippen LogP contribution is -2.44. The molecule has 0 aliphatic heterocycles. The van der Waals surface area contributed by atoms with Gasteiger partial charge in [-0.05, 0) is 49.6 Å². The maximum absolute atomic E-state index is 13.3. The standard InChI is InChI=1S/C22H27ClN2O3S/c1-17-10-12-21(13-11-17)29(27,28)25(15-18-6-5-7-19(23)14-18)16-22(26)24-20-8-3-2-4-9-20/h5-7,10-14,20H,2-4,8-9,15-16H2,1H3,(H,24,26). The number of sulfonamides is 1. The van der Waals surface area contributed by atoms with Crippen molar-refractivity contribution in [1.29, 1.82) is 0 Å². The first-order valence-corrected chi connectivity index (χ1v) is 11.8. The summed E-state index contributed by atoms with van der Waals surface area (Å²) in [5, 5.41) is 3.54. The van der Waals surface area contributed by atoms with Crippen molar-refractivity contribution in [2.75, 3.05) is 6.54 Å². The molecule has 0 spiro atoms. The van der Waals surface area contributed by atoms with Crippen LogP contribution in [0.25, 0.3) is 0 Å². The molecule has 0 radical (unpaired) electrons. The Morgan fingerprint density at radius 1 is 1.10 bits per heavy atom. The highest BCUT2D eigenvalue weighted by Gasteiger charge is 2.28. The Balaban J connectivity index is 1.82. The lowest BCUT2D eigenvalue weighted by molar-refractivity contribution is -0.122. The molecule has 2 aromatic carbocycles. The Morgan fingerprint density at radius 3 is 2.45 bits per heavy atom. The molecule has 1 N–H and O–H groups in total. The fourth-order valence-corrected chi connectivity index (χ4v) is 5.20. The highest BCUT2D eigenvalue weighted by Crippen LogP contribution is 2.21. The van der Waals surface area contributed by atoms with Crippen molar-refractivity contribution >= 4 is 27.5 Å². The van der Waals surface area contributed by atoms with Crippen LogP contribution in [0.1, 0.15) is 43.2 Å². The summed E-state index contributed by atoms with van der Waals surface area (Å²) in [5.41, 5.74) is 1.71. The summed E-state index contributed by atoms with van der Waals surface area (Å²) in [6.45, 7) is 1.76. The van der Waals surface area contributed by atoms with Crippen molar-refractivity contribution in [3.05, 3.63) is 64.7 Å². The van der Waals surface area contributed by atoms with Crippen LogP contribution in [0.2, 0.25) is 5.02 Å². The lowest BCUT2D eigenvalue weighted by atomic mass is 9.95. The second kappa shape index (κ2) is 9.74. The normalized spacial score (nSPS) is 15.4. The average molecular weight is 435 g/mol. The number of benzene rings is 2. The van der Waals surface area contributed by atoms with Crippen LogP contribution in [0, 0.1) is 6.92 Å². The van der Waals surface area contributed by atoms with Gasteiger partial charge < -0.3 is 5.32 Å². The van der Waals surface area contributed by atoms with Crippen LogP contribution in [-0.4, -0.2) is 31.2 Å². The van der Waals surface area contributed by atoms with Crippen molar-refractivity contribution in [2.24, 2.45) is 0 Å². The Bertz CT molecular complexity index is 939. The third-order valence-corrected chi connectivity index (χ3v) is 7.24. The lowest BCUT2D eigenvalue weighted by Gasteiger charge is -2.26. The number of halogens is 1. The smallest absolute Gasteiger partial charge is 0.243 e. The van der Waals surface area contributed by atoms with Crippen molar-refractivity contribution < 1.29 is 13.2 Å². The Labute approximate surface area is 178 Å². The van der Waals surface area contributed by atoms with Crippen LogP contribution in [0.15, 0.2) is 53.4 Å². The molecule has 0 unspecified atom stereocenters. The number of carbonyl (C=O) groups excluding carboxylic acids is 1. The van der Waals surface area contributed by atoms with Crippen LogP contribution in [-0.2, 0) is 21.4 Å². The molecule has 2 aromatic rings. The van der Waals surface area contributed by atoms with Crippen LogP contribution in [0.4, 0.5) is 0 Å². The fourth-order valence-electron chi connectivity index (χ4n) is 3.60. The van der Waals surface area contributed by atoms with E-state index in [0.717, 1.165) is 36.8 Å². The van der Waals surface area contributed by atoms with Crippen molar-refractivity contribution in [3.8, 4) is 0 Å². The molecule has 5 nitrogen and oxygen atoms in total. The highest BCUT2D eigenvalue weighted by atomic mass is 35.5. The minimum absolute atomic E-state index is 0.0782. The summed E-state index contributed by atoms with van der Waals surface area (Å²) < 4.78 is 27.8. The highest BCUT2D eigenvalue weighted by molar-refractivity contribution is 7.89. The SMILES string of the molecule is Cc1ccc(S(=O)(=O)N(CC(=O)NC2CCCCC2)Cc2cccc(Cl)c2)cc1. The summed E-state index contributed by atoms with van der Waals surface area (Å²) in [5.74, 6) is -0.269. The Kier molecular flexibility index (Phi) is 7.33. The average Bonchev–Trinajstić information content (AvgIpc) is 2.68. The molecule has 1 aliphatic carbocycles. The molecule has 0 heterocycles. The van der Waals surface area contributed by atoms with Gasteiger partial charge in [-0.25, -0.2) is 8.42 Å². The minimum atomic E-state index is -3.84. The number of hydrogen-bond donors (Lipinski definition) is 1. The van der Waals surface area contributed by atoms with E-state index in [-0.39, 0.29) is 29.9 Å². The number of rotatable bonds is 7. The summed E-state index contributed by atoms with van der Waals surface area (Å²) in [6, 6.07) is 13.8. The molecule has 0 saturated heterocycles. The van der Waals surface area contributed by atoms with Crippen LogP contribution < -0.4 is 5.32 Å². The number of hydrogen-bond acceptors (Lipinski definition) is 3. The molecular weight excluding hydrogens is 408 g/mol. The molecular formula is C22H27ClN2O3S. The molecule has 0 aromatic heterocycles. The number of nitrogens with zero attached hydrogens (tertiary/aromatic N) is 1. The van der Waals surface area contributed by atoms with Gasteiger partial charge in [0.25, 0.3) is 0 Å². The van der Waals surface area contributed by atoms with Crippen LogP contribution in [0.3, 0.4) is 0 Å². The molecule has 1 amide bonds. The van der Waals surface area contributed by atoms with E-state index in [2.05, 4.69) is 5.32 Å². The van der Waals surface area contributed by atoms with E-state index in [4.69, 9.17) is 11.6 Å². The molecule has 7 heteroatoms. The van der Waals surface area contributed by atoms with Crippen molar-refractivity contribution in [2.45, 2.75) is 56.5 Å². The molecule has 3 rings (SSSR count). The first-order chi connectivity index (χ1) is 13.8. The zero-order valence-corrected chi connectivity index (χ0v) is 18.2. The largest absolute Gasteiger partial charge is 0.352 e. The van der Waals surface area contributed by atoms with E-state index in [1.54, 1.807) is 42.5 Å². The van der Waals surface area contributed by atoms with Gasteiger partial charge in [0.15, 0.2) is 0 Å². The summed E-state index contributed by atoms with van der Waals surface area (Å²) in [4.78, 5) is 12.8. The number of aryl methyl sites for hydroxylation is 1. The van der Waals surface area contributed by atoms with Gasteiger partial charge in [-0.2, -0.15) is 4.31 Å². The van der Waals surface area contributed by atoms with Gasteiger partial charge in [-0.15, -0.1) is 0 Å². The number of nitrogens with one attached hydrogen (secondary N) is 1. The van der Waals surface area contributed by atoms with E-state index in [1.807, 2.05) is 13.0 Å². The molecule has 29 heavy (non-hydrogen) atoms. The molecule has 1 fully saturated rings. The minimum Gasteiger partial charge on any atom is -0.352 e. The number of amides is 1. The Hall–Kier alpha value is -1.89. The maximum Gasteiger partial charge on any atom is 0.243 e. The van der Waals surface area contributed by atoms with E-state index < -0.39 is 10.0 Å². The molecule has 0 atom stereocenters. The summed E-state index contributed by atoms with van der Waals surface area (Å²) in [6.07, 6.45) is 5.28. The van der Waals surface area contributed by atoms with Gasteiger partial charge in [0.2, 0.25) is 15.9 Å². The quantitative estimate of drug-likeness (QED) is 0.706. The van der Waals surface area contributed by atoms with Gasteiger partial charge in [-0.3, -0.25) is 4.79 Å². The molecule has 0 bridgehead atoms. The predicted molar refractivity (Wildman–Crippen MR) is 115 cm³/mol.